The van der Waals surface area contributed by atoms with Crippen LogP contribution in [0.25, 0.3) is 0 Å². The van der Waals surface area contributed by atoms with E-state index in [0.717, 1.165) is 63.5 Å². The molecule has 1 atom stereocenters. The Hall–Kier alpha value is -1.84. The highest BCUT2D eigenvalue weighted by Crippen LogP contribution is 2.38. The molecule has 1 saturated heterocycles. The summed E-state index contributed by atoms with van der Waals surface area (Å²) < 4.78 is 5.70. The summed E-state index contributed by atoms with van der Waals surface area (Å²) in [6, 6.07) is 7.67. The number of carbonyl (C=O) groups is 2. The number of benzene rings is 1. The van der Waals surface area contributed by atoms with E-state index in [1.54, 1.807) is 0 Å². The minimum Gasteiger partial charge on any atom is -0.426 e. The highest BCUT2D eigenvalue weighted by atomic mass is 16.5. The number of ether oxygens (including phenoxy) is 1. The summed E-state index contributed by atoms with van der Waals surface area (Å²) in [5.41, 5.74) is 0.478. The van der Waals surface area contributed by atoms with E-state index in [0.29, 0.717) is 5.75 Å². The van der Waals surface area contributed by atoms with E-state index >= 15 is 0 Å². The van der Waals surface area contributed by atoms with E-state index in [-0.39, 0.29) is 17.8 Å². The second-order valence-electron chi connectivity index (χ2n) is 7.90. The Balaban J connectivity index is 1.82. The molecule has 2 fully saturated rings. The first-order chi connectivity index (χ1) is 12.6. The predicted octanol–water partition coefficient (Wildman–Crippen LogP) is 4.46. The third-order valence-corrected chi connectivity index (χ3v) is 6.25. The Labute approximate surface area is 156 Å². The molecule has 1 aliphatic heterocycles. The quantitative estimate of drug-likeness (QED) is 0.590. The van der Waals surface area contributed by atoms with Crippen LogP contribution in [0.5, 0.6) is 5.75 Å². The van der Waals surface area contributed by atoms with Gasteiger partial charge in [-0.15, -0.1) is 0 Å². The molecule has 0 radical (unpaired) electrons. The van der Waals surface area contributed by atoms with Crippen LogP contribution in [0.2, 0.25) is 0 Å². The second kappa shape index (κ2) is 8.24. The number of amides is 1. The van der Waals surface area contributed by atoms with E-state index < -0.39 is 5.41 Å². The molecule has 0 aromatic heterocycles. The van der Waals surface area contributed by atoms with Crippen molar-refractivity contribution in [2.24, 2.45) is 5.92 Å². The first-order valence-electron chi connectivity index (χ1n) is 10.1. The lowest BCUT2D eigenvalue weighted by Crippen LogP contribution is -2.43. The zero-order valence-electron chi connectivity index (χ0n) is 16.1. The molecular weight excluding hydrogens is 326 g/mol. The van der Waals surface area contributed by atoms with Crippen molar-refractivity contribution in [1.29, 1.82) is 0 Å². The van der Waals surface area contributed by atoms with Crippen molar-refractivity contribution in [2.75, 3.05) is 13.6 Å². The molecule has 4 heteroatoms. The minimum atomic E-state index is -0.501. The van der Waals surface area contributed by atoms with Gasteiger partial charge in [0.2, 0.25) is 5.91 Å². The molecule has 0 spiro atoms. The SMILES string of the molecule is CCC1(c2cccc(OC(=O)C3CCCCC3)c2)CCCCN(C)C1=O. The summed E-state index contributed by atoms with van der Waals surface area (Å²) >= 11 is 0. The minimum absolute atomic E-state index is 0.0261. The van der Waals surface area contributed by atoms with Crippen LogP contribution in [0.4, 0.5) is 0 Å². The van der Waals surface area contributed by atoms with Crippen molar-refractivity contribution in [1.82, 2.24) is 4.90 Å². The molecule has 1 aliphatic carbocycles. The molecule has 3 rings (SSSR count). The van der Waals surface area contributed by atoms with Gasteiger partial charge in [0.05, 0.1) is 11.3 Å². The van der Waals surface area contributed by atoms with Crippen LogP contribution in [-0.2, 0) is 15.0 Å². The zero-order valence-corrected chi connectivity index (χ0v) is 16.1. The molecule has 0 N–H and O–H groups in total. The van der Waals surface area contributed by atoms with Crippen molar-refractivity contribution in [2.45, 2.75) is 70.1 Å². The van der Waals surface area contributed by atoms with Crippen LogP contribution in [0.3, 0.4) is 0 Å². The van der Waals surface area contributed by atoms with E-state index in [9.17, 15) is 9.59 Å². The van der Waals surface area contributed by atoms with E-state index in [4.69, 9.17) is 4.74 Å². The normalized spacial score (nSPS) is 25.0. The number of carbonyl (C=O) groups excluding carboxylic acids is 2. The molecule has 2 aliphatic rings. The summed E-state index contributed by atoms with van der Waals surface area (Å²) in [6.45, 7) is 2.90. The molecule has 1 saturated carbocycles. The van der Waals surface area contributed by atoms with Gasteiger partial charge in [0, 0.05) is 13.6 Å². The molecule has 142 valence electrons. The lowest BCUT2D eigenvalue weighted by Gasteiger charge is -2.33. The Morgan fingerprint density at radius 2 is 1.96 bits per heavy atom. The average molecular weight is 357 g/mol. The lowest BCUT2D eigenvalue weighted by atomic mass is 9.73. The van der Waals surface area contributed by atoms with Crippen LogP contribution in [-0.4, -0.2) is 30.4 Å². The maximum Gasteiger partial charge on any atom is 0.314 e. The fourth-order valence-corrected chi connectivity index (χ4v) is 4.54. The zero-order chi connectivity index (χ0) is 18.6. The van der Waals surface area contributed by atoms with Crippen LogP contribution in [0, 0.1) is 5.92 Å². The van der Waals surface area contributed by atoms with Crippen molar-refractivity contribution < 1.29 is 14.3 Å². The largest absolute Gasteiger partial charge is 0.426 e. The van der Waals surface area contributed by atoms with Gasteiger partial charge in [-0.3, -0.25) is 9.59 Å². The predicted molar refractivity (Wildman–Crippen MR) is 102 cm³/mol. The summed E-state index contributed by atoms with van der Waals surface area (Å²) in [4.78, 5) is 27.4. The topological polar surface area (TPSA) is 46.6 Å². The summed E-state index contributed by atoms with van der Waals surface area (Å²) in [7, 11) is 1.89. The van der Waals surface area contributed by atoms with Gasteiger partial charge in [0.1, 0.15) is 5.75 Å². The Morgan fingerprint density at radius 1 is 1.19 bits per heavy atom. The van der Waals surface area contributed by atoms with E-state index in [1.807, 2.05) is 36.2 Å². The Bertz CT molecular complexity index is 651. The van der Waals surface area contributed by atoms with Gasteiger partial charge >= 0.3 is 5.97 Å². The smallest absolute Gasteiger partial charge is 0.314 e. The number of likely N-dealkylation sites (N-methyl/N-ethyl adjacent to an activating group) is 1. The number of hydrogen-bond acceptors (Lipinski definition) is 3. The highest BCUT2D eigenvalue weighted by Gasteiger charge is 2.41. The van der Waals surface area contributed by atoms with Crippen molar-refractivity contribution >= 4 is 11.9 Å². The van der Waals surface area contributed by atoms with Crippen molar-refractivity contribution in [3.05, 3.63) is 29.8 Å². The number of hydrogen-bond donors (Lipinski definition) is 0. The molecule has 0 bridgehead atoms. The third-order valence-electron chi connectivity index (χ3n) is 6.25. The molecule has 1 aromatic rings. The monoisotopic (exact) mass is 357 g/mol. The van der Waals surface area contributed by atoms with Crippen LogP contribution < -0.4 is 4.74 Å². The second-order valence-corrected chi connectivity index (χ2v) is 7.90. The van der Waals surface area contributed by atoms with E-state index in [1.165, 1.54) is 6.42 Å². The third kappa shape index (κ3) is 3.79. The molecule has 26 heavy (non-hydrogen) atoms. The molecule has 1 unspecified atom stereocenters. The van der Waals surface area contributed by atoms with Gasteiger partial charge in [0.25, 0.3) is 0 Å². The number of rotatable bonds is 4. The van der Waals surface area contributed by atoms with Gasteiger partial charge in [-0.05, 0) is 49.8 Å². The fraction of sp³-hybridized carbons (Fsp3) is 0.636. The summed E-state index contributed by atoms with van der Waals surface area (Å²) in [5, 5.41) is 0. The van der Waals surface area contributed by atoms with Crippen LogP contribution in [0.1, 0.15) is 70.3 Å². The Morgan fingerprint density at radius 3 is 2.69 bits per heavy atom. The molecule has 1 aromatic carbocycles. The first kappa shape index (κ1) is 18.9. The lowest BCUT2D eigenvalue weighted by molar-refractivity contribution is -0.140. The molecule has 4 nitrogen and oxygen atoms in total. The maximum atomic E-state index is 13.1. The molecule has 1 amide bonds. The van der Waals surface area contributed by atoms with Gasteiger partial charge < -0.3 is 9.64 Å². The van der Waals surface area contributed by atoms with Crippen LogP contribution >= 0.6 is 0 Å². The van der Waals surface area contributed by atoms with Gasteiger partial charge in [0.15, 0.2) is 0 Å². The van der Waals surface area contributed by atoms with Crippen molar-refractivity contribution in [3.8, 4) is 5.75 Å². The number of esters is 1. The number of likely N-dealkylation sites (tertiary alicyclic amines) is 1. The standard InChI is InChI=1S/C22H31NO3/c1-3-22(14-7-8-15-23(2)21(22)25)18-12-9-13-19(16-18)26-20(24)17-10-5-4-6-11-17/h9,12-13,16-17H,3-8,10-11,14-15H2,1-2H3. The van der Waals surface area contributed by atoms with Crippen molar-refractivity contribution in [3.63, 3.8) is 0 Å². The molecule has 1 heterocycles. The average Bonchev–Trinajstić information content (AvgIpc) is 2.82. The maximum absolute atomic E-state index is 13.1. The van der Waals surface area contributed by atoms with Gasteiger partial charge in [-0.25, -0.2) is 0 Å². The fourth-order valence-electron chi connectivity index (χ4n) is 4.54. The Kier molecular flexibility index (Phi) is 6.00. The highest BCUT2D eigenvalue weighted by molar-refractivity contribution is 5.88. The van der Waals surface area contributed by atoms with Gasteiger partial charge in [-0.2, -0.15) is 0 Å². The summed E-state index contributed by atoms with van der Waals surface area (Å²) in [5.74, 6) is 0.675. The number of nitrogens with zero attached hydrogens (tertiary/aromatic N) is 1. The molecular formula is C22H31NO3. The van der Waals surface area contributed by atoms with E-state index in [2.05, 4.69) is 6.92 Å². The first-order valence-corrected chi connectivity index (χ1v) is 10.1. The van der Waals surface area contributed by atoms with Crippen LogP contribution in [0.15, 0.2) is 24.3 Å². The summed E-state index contributed by atoms with van der Waals surface area (Å²) in [6.07, 6.45) is 8.99. The van der Waals surface area contributed by atoms with Gasteiger partial charge in [-0.1, -0.05) is 44.7 Å².